The van der Waals surface area contributed by atoms with Gasteiger partial charge in [0.1, 0.15) is 5.82 Å². The van der Waals surface area contributed by atoms with Gasteiger partial charge in [0, 0.05) is 37.1 Å². The average Bonchev–Trinajstić information content (AvgIpc) is 2.73. The first kappa shape index (κ1) is 16.2. The highest BCUT2D eigenvalue weighted by atomic mass is 16.2. The SMILES string of the molecule is NNC(=O)c1nc(-c2ccccc2)cc(N2CCc3ccncc3C2)n1. The van der Waals surface area contributed by atoms with E-state index in [1.165, 1.54) is 11.1 Å². The number of hydrazine groups is 1. The van der Waals surface area contributed by atoms with Crippen LogP contribution in [0.2, 0.25) is 0 Å². The second-order valence-electron chi connectivity index (χ2n) is 6.09. The van der Waals surface area contributed by atoms with Crippen molar-refractivity contribution in [3.05, 3.63) is 71.8 Å². The van der Waals surface area contributed by atoms with Gasteiger partial charge in [-0.05, 0) is 23.6 Å². The van der Waals surface area contributed by atoms with Crippen LogP contribution in [-0.4, -0.2) is 27.4 Å². The molecule has 0 saturated heterocycles. The normalized spacial score (nSPS) is 13.2. The van der Waals surface area contributed by atoms with E-state index >= 15 is 0 Å². The van der Waals surface area contributed by atoms with E-state index in [9.17, 15) is 4.79 Å². The van der Waals surface area contributed by atoms with Gasteiger partial charge in [-0.25, -0.2) is 15.8 Å². The van der Waals surface area contributed by atoms with E-state index in [0.29, 0.717) is 18.1 Å². The Morgan fingerprint density at radius 2 is 1.96 bits per heavy atom. The molecule has 1 aliphatic rings. The molecule has 0 bridgehead atoms. The first-order valence-electron chi connectivity index (χ1n) is 8.37. The second kappa shape index (κ2) is 6.89. The standard InChI is InChI=1S/C19H18N6O/c20-24-19(26)18-22-16(14-4-2-1-3-5-14)10-17(23-18)25-9-7-13-6-8-21-11-15(13)12-25/h1-6,8,10-11H,7,9,12,20H2,(H,24,26). The van der Waals surface area contributed by atoms with Gasteiger partial charge in [0.2, 0.25) is 5.82 Å². The Kier molecular flexibility index (Phi) is 4.28. The van der Waals surface area contributed by atoms with Crippen LogP contribution in [0.15, 0.2) is 54.9 Å². The molecule has 0 atom stereocenters. The number of nitrogens with two attached hydrogens (primary N) is 1. The number of aromatic nitrogens is 3. The largest absolute Gasteiger partial charge is 0.352 e. The van der Waals surface area contributed by atoms with Crippen LogP contribution in [0.25, 0.3) is 11.3 Å². The third-order valence-corrected chi connectivity index (χ3v) is 4.46. The molecule has 1 aromatic carbocycles. The Labute approximate surface area is 150 Å². The van der Waals surface area contributed by atoms with Crippen molar-refractivity contribution in [1.82, 2.24) is 20.4 Å². The van der Waals surface area contributed by atoms with Crippen LogP contribution in [0.5, 0.6) is 0 Å². The summed E-state index contributed by atoms with van der Waals surface area (Å²) in [7, 11) is 0. The molecule has 7 nitrogen and oxygen atoms in total. The van der Waals surface area contributed by atoms with Crippen molar-refractivity contribution in [2.45, 2.75) is 13.0 Å². The number of nitrogens with one attached hydrogen (secondary N) is 1. The molecule has 3 N–H and O–H groups in total. The van der Waals surface area contributed by atoms with Gasteiger partial charge < -0.3 is 4.90 Å². The van der Waals surface area contributed by atoms with Crippen molar-refractivity contribution in [1.29, 1.82) is 0 Å². The molecule has 4 rings (SSSR count). The minimum absolute atomic E-state index is 0.0563. The lowest BCUT2D eigenvalue weighted by Crippen LogP contribution is -2.34. The molecule has 3 heterocycles. The molecule has 26 heavy (non-hydrogen) atoms. The van der Waals surface area contributed by atoms with Crippen molar-refractivity contribution >= 4 is 11.7 Å². The molecule has 2 aromatic heterocycles. The molecule has 3 aromatic rings. The van der Waals surface area contributed by atoms with Crippen LogP contribution in [0.3, 0.4) is 0 Å². The van der Waals surface area contributed by atoms with Gasteiger partial charge in [-0.3, -0.25) is 15.2 Å². The number of nitrogens with zero attached hydrogens (tertiary/aromatic N) is 4. The van der Waals surface area contributed by atoms with E-state index in [1.807, 2.05) is 48.8 Å². The molecular weight excluding hydrogens is 328 g/mol. The third kappa shape index (κ3) is 3.12. The number of hydrogen-bond donors (Lipinski definition) is 2. The summed E-state index contributed by atoms with van der Waals surface area (Å²) < 4.78 is 0. The summed E-state index contributed by atoms with van der Waals surface area (Å²) in [6.07, 6.45) is 4.60. The molecule has 0 radical (unpaired) electrons. The number of nitrogen functional groups attached to an aromatic ring is 1. The van der Waals surface area contributed by atoms with Crippen LogP contribution in [-0.2, 0) is 13.0 Å². The first-order valence-corrected chi connectivity index (χ1v) is 8.37. The Balaban J connectivity index is 1.75. The number of benzene rings is 1. The summed E-state index contributed by atoms with van der Waals surface area (Å²) >= 11 is 0. The Morgan fingerprint density at radius 1 is 1.12 bits per heavy atom. The highest BCUT2D eigenvalue weighted by Crippen LogP contribution is 2.26. The monoisotopic (exact) mass is 346 g/mol. The van der Waals surface area contributed by atoms with E-state index in [2.05, 4.69) is 31.3 Å². The summed E-state index contributed by atoms with van der Waals surface area (Å²) in [6.45, 7) is 1.50. The summed E-state index contributed by atoms with van der Waals surface area (Å²) in [6, 6.07) is 13.7. The minimum atomic E-state index is -0.511. The van der Waals surface area contributed by atoms with Crippen molar-refractivity contribution < 1.29 is 4.79 Å². The smallest absolute Gasteiger partial charge is 0.303 e. The number of hydrogen-bond acceptors (Lipinski definition) is 6. The van der Waals surface area contributed by atoms with Gasteiger partial charge in [-0.1, -0.05) is 30.3 Å². The Hall–Kier alpha value is -3.32. The Bertz CT molecular complexity index is 944. The molecule has 1 amide bonds. The zero-order chi connectivity index (χ0) is 17.9. The third-order valence-electron chi connectivity index (χ3n) is 4.46. The van der Waals surface area contributed by atoms with Gasteiger partial charge in [-0.15, -0.1) is 0 Å². The number of fused-ring (bicyclic) bond motifs is 1. The highest BCUT2D eigenvalue weighted by molar-refractivity contribution is 5.91. The van der Waals surface area contributed by atoms with Crippen molar-refractivity contribution in [2.75, 3.05) is 11.4 Å². The van der Waals surface area contributed by atoms with Crippen LogP contribution in [0, 0.1) is 0 Å². The quantitative estimate of drug-likeness (QED) is 0.426. The predicted molar refractivity (Wildman–Crippen MR) is 98.1 cm³/mol. The number of anilines is 1. The fourth-order valence-corrected chi connectivity index (χ4v) is 3.10. The Morgan fingerprint density at radius 3 is 2.77 bits per heavy atom. The first-order chi connectivity index (χ1) is 12.7. The molecular formula is C19H18N6O. The number of pyridine rings is 1. The van der Waals surface area contributed by atoms with Crippen LogP contribution < -0.4 is 16.2 Å². The van der Waals surface area contributed by atoms with E-state index in [0.717, 1.165) is 18.5 Å². The molecule has 0 saturated carbocycles. The molecule has 0 spiro atoms. The highest BCUT2D eigenvalue weighted by Gasteiger charge is 2.20. The van der Waals surface area contributed by atoms with Crippen LogP contribution in [0.1, 0.15) is 21.7 Å². The molecule has 1 aliphatic heterocycles. The van der Waals surface area contributed by atoms with Gasteiger partial charge in [0.15, 0.2) is 0 Å². The number of carbonyl (C=O) groups excluding carboxylic acids is 1. The van der Waals surface area contributed by atoms with Crippen molar-refractivity contribution in [3.63, 3.8) is 0 Å². The van der Waals surface area contributed by atoms with E-state index in [1.54, 1.807) is 0 Å². The fraction of sp³-hybridized carbons (Fsp3) is 0.158. The van der Waals surface area contributed by atoms with E-state index in [-0.39, 0.29) is 5.82 Å². The lowest BCUT2D eigenvalue weighted by Gasteiger charge is -2.29. The molecule has 0 fully saturated rings. The fourth-order valence-electron chi connectivity index (χ4n) is 3.10. The minimum Gasteiger partial charge on any atom is -0.352 e. The molecule has 0 aliphatic carbocycles. The lowest BCUT2D eigenvalue weighted by atomic mass is 10.0. The summed E-state index contributed by atoms with van der Waals surface area (Å²) in [5.41, 5.74) is 6.19. The van der Waals surface area contributed by atoms with Gasteiger partial charge in [0.25, 0.3) is 0 Å². The topological polar surface area (TPSA) is 97.0 Å². The van der Waals surface area contributed by atoms with Crippen LogP contribution in [0.4, 0.5) is 5.82 Å². The van der Waals surface area contributed by atoms with E-state index in [4.69, 9.17) is 5.84 Å². The van der Waals surface area contributed by atoms with Gasteiger partial charge >= 0.3 is 5.91 Å². The summed E-state index contributed by atoms with van der Waals surface area (Å²) in [5, 5.41) is 0. The maximum Gasteiger partial charge on any atom is 0.303 e. The molecule has 0 unspecified atom stereocenters. The van der Waals surface area contributed by atoms with Gasteiger partial charge in [0.05, 0.1) is 5.69 Å². The van der Waals surface area contributed by atoms with Gasteiger partial charge in [-0.2, -0.15) is 0 Å². The lowest BCUT2D eigenvalue weighted by molar-refractivity contribution is 0.0943. The molecule has 130 valence electrons. The van der Waals surface area contributed by atoms with Crippen molar-refractivity contribution in [2.24, 2.45) is 5.84 Å². The van der Waals surface area contributed by atoms with E-state index < -0.39 is 5.91 Å². The number of carbonyl (C=O) groups is 1. The zero-order valence-corrected chi connectivity index (χ0v) is 14.1. The second-order valence-corrected chi connectivity index (χ2v) is 6.09. The zero-order valence-electron chi connectivity index (χ0n) is 14.1. The maximum atomic E-state index is 12.0. The number of amides is 1. The predicted octanol–water partition coefficient (Wildman–Crippen LogP) is 1.70. The summed E-state index contributed by atoms with van der Waals surface area (Å²) in [5.74, 6) is 5.53. The average molecular weight is 346 g/mol. The maximum absolute atomic E-state index is 12.0. The van der Waals surface area contributed by atoms with Crippen molar-refractivity contribution in [3.8, 4) is 11.3 Å². The van der Waals surface area contributed by atoms with Crippen LogP contribution >= 0.6 is 0 Å². The number of rotatable bonds is 3. The summed E-state index contributed by atoms with van der Waals surface area (Å²) in [4.78, 5) is 27.2. The molecule has 7 heteroatoms.